The fourth-order valence-corrected chi connectivity index (χ4v) is 4.09. The van der Waals surface area contributed by atoms with E-state index in [1.807, 2.05) is 58.0 Å². The zero-order valence-corrected chi connectivity index (χ0v) is 19.3. The van der Waals surface area contributed by atoms with Crippen LogP contribution in [-0.4, -0.2) is 39.8 Å². The van der Waals surface area contributed by atoms with Gasteiger partial charge in [0, 0.05) is 6.54 Å². The topological polar surface area (TPSA) is 75.7 Å². The number of hydrogen-bond acceptors (Lipinski definition) is 4. The van der Waals surface area contributed by atoms with Gasteiger partial charge in [-0.2, -0.15) is 0 Å². The number of nitrogens with one attached hydrogen (secondary N) is 1. The Morgan fingerprint density at radius 1 is 1.10 bits per heavy atom. The molecule has 0 heterocycles. The normalized spacial score (nSPS) is 11.4. The fraction of sp³-hybridized carbons (Fsp3) is 0.435. The first-order valence-electron chi connectivity index (χ1n) is 10.1. The van der Waals surface area contributed by atoms with Gasteiger partial charge in [-0.25, -0.2) is 8.42 Å². The highest BCUT2D eigenvalue weighted by atomic mass is 32.2. The molecule has 0 saturated carbocycles. The molecule has 0 aliphatic heterocycles. The van der Waals surface area contributed by atoms with Gasteiger partial charge in [0.1, 0.15) is 12.3 Å². The first-order chi connectivity index (χ1) is 14.0. The maximum Gasteiger partial charge on any atom is 0.240 e. The Labute approximate surface area is 180 Å². The van der Waals surface area contributed by atoms with Crippen LogP contribution in [0.4, 0.5) is 5.69 Å². The monoisotopic (exact) mass is 432 g/mol. The molecule has 0 aliphatic rings. The third-order valence-corrected chi connectivity index (χ3v) is 5.56. The maximum atomic E-state index is 12.4. The van der Waals surface area contributed by atoms with E-state index < -0.39 is 10.0 Å². The molecular weight excluding hydrogens is 400 g/mol. The van der Waals surface area contributed by atoms with Gasteiger partial charge in [0.2, 0.25) is 15.9 Å². The smallest absolute Gasteiger partial charge is 0.240 e. The molecule has 1 amide bonds. The zero-order valence-electron chi connectivity index (χ0n) is 18.4. The summed E-state index contributed by atoms with van der Waals surface area (Å²) in [5.41, 5.74) is 3.54. The second kappa shape index (κ2) is 10.5. The summed E-state index contributed by atoms with van der Waals surface area (Å²) in [5, 5.41) is 2.83. The second-order valence-corrected chi connectivity index (χ2v) is 9.79. The summed E-state index contributed by atoms with van der Waals surface area (Å²) in [6, 6.07) is 13.4. The molecule has 7 heteroatoms. The molecular formula is C23H32N2O4S. The summed E-state index contributed by atoms with van der Waals surface area (Å²) >= 11 is 0. The Bertz CT molecular complexity index is 951. The third-order valence-electron chi connectivity index (χ3n) is 4.42. The largest absolute Gasteiger partial charge is 0.491 e. The highest BCUT2D eigenvalue weighted by Crippen LogP contribution is 2.21. The van der Waals surface area contributed by atoms with E-state index >= 15 is 0 Å². The van der Waals surface area contributed by atoms with Crippen LogP contribution >= 0.6 is 0 Å². The van der Waals surface area contributed by atoms with E-state index in [2.05, 4.69) is 5.32 Å². The van der Waals surface area contributed by atoms with Crippen LogP contribution in [0, 0.1) is 13.8 Å². The van der Waals surface area contributed by atoms with Gasteiger partial charge in [-0.05, 0) is 81.5 Å². The standard InChI is InChI=1S/C23H32N2O4S/c1-17(2)29-22-10-6-8-20(15-22)9-7-11-24-23(26)16-25(30(5,27)28)21-13-18(3)12-19(4)14-21/h6,8,10,12-15,17H,7,9,11,16H2,1-5H3,(H,24,26). The van der Waals surface area contributed by atoms with Crippen LogP contribution in [0.15, 0.2) is 42.5 Å². The van der Waals surface area contributed by atoms with Crippen LogP contribution in [0.5, 0.6) is 5.75 Å². The molecule has 0 saturated heterocycles. The van der Waals surface area contributed by atoms with Gasteiger partial charge in [-0.3, -0.25) is 9.10 Å². The number of anilines is 1. The lowest BCUT2D eigenvalue weighted by molar-refractivity contribution is -0.119. The van der Waals surface area contributed by atoms with Crippen molar-refractivity contribution in [1.29, 1.82) is 0 Å². The minimum Gasteiger partial charge on any atom is -0.491 e. The van der Waals surface area contributed by atoms with Gasteiger partial charge in [0.05, 0.1) is 18.0 Å². The first-order valence-corrected chi connectivity index (χ1v) is 12.0. The van der Waals surface area contributed by atoms with Gasteiger partial charge in [-0.15, -0.1) is 0 Å². The summed E-state index contributed by atoms with van der Waals surface area (Å²) in [7, 11) is -3.58. The van der Waals surface area contributed by atoms with Crippen molar-refractivity contribution in [3.05, 3.63) is 59.2 Å². The van der Waals surface area contributed by atoms with Crippen LogP contribution in [-0.2, 0) is 21.2 Å². The summed E-state index contributed by atoms with van der Waals surface area (Å²) in [5.74, 6) is 0.514. The number of sulfonamides is 1. The van der Waals surface area contributed by atoms with Crippen molar-refractivity contribution in [2.45, 2.75) is 46.6 Å². The zero-order chi connectivity index (χ0) is 22.3. The number of aryl methyl sites for hydroxylation is 3. The van der Waals surface area contributed by atoms with Crippen LogP contribution < -0.4 is 14.4 Å². The minimum atomic E-state index is -3.58. The Morgan fingerprint density at radius 2 is 1.77 bits per heavy atom. The quantitative estimate of drug-likeness (QED) is 0.582. The molecule has 1 N–H and O–H groups in total. The summed E-state index contributed by atoms with van der Waals surface area (Å²) in [4.78, 5) is 12.4. The molecule has 6 nitrogen and oxygen atoms in total. The van der Waals surface area contributed by atoms with Crippen molar-refractivity contribution < 1.29 is 17.9 Å². The van der Waals surface area contributed by atoms with E-state index in [4.69, 9.17) is 4.74 Å². The molecule has 0 spiro atoms. The molecule has 0 radical (unpaired) electrons. The van der Waals surface area contributed by atoms with Crippen molar-refractivity contribution in [3.8, 4) is 5.75 Å². The van der Waals surface area contributed by atoms with Crippen LogP contribution in [0.25, 0.3) is 0 Å². The highest BCUT2D eigenvalue weighted by Gasteiger charge is 2.21. The summed E-state index contributed by atoms with van der Waals surface area (Å²) < 4.78 is 31.3. The van der Waals surface area contributed by atoms with E-state index in [9.17, 15) is 13.2 Å². The molecule has 30 heavy (non-hydrogen) atoms. The number of benzene rings is 2. The van der Waals surface area contributed by atoms with Crippen molar-refractivity contribution in [1.82, 2.24) is 5.32 Å². The number of amides is 1. The maximum absolute atomic E-state index is 12.4. The molecule has 0 unspecified atom stereocenters. The molecule has 0 atom stereocenters. The van der Waals surface area contributed by atoms with Gasteiger partial charge < -0.3 is 10.1 Å². The number of carbonyl (C=O) groups is 1. The molecule has 2 rings (SSSR count). The average molecular weight is 433 g/mol. The van der Waals surface area contributed by atoms with Crippen LogP contribution in [0.3, 0.4) is 0 Å². The summed E-state index contributed by atoms with van der Waals surface area (Å²) in [6.45, 7) is 8.01. The van der Waals surface area contributed by atoms with E-state index in [0.717, 1.165) is 45.8 Å². The molecule has 0 bridgehead atoms. The molecule has 2 aromatic carbocycles. The van der Waals surface area contributed by atoms with Crippen molar-refractivity contribution in [2.24, 2.45) is 0 Å². The Kier molecular flexibility index (Phi) is 8.29. The number of rotatable bonds is 10. The molecule has 0 aromatic heterocycles. The summed E-state index contributed by atoms with van der Waals surface area (Å²) in [6.07, 6.45) is 2.78. The van der Waals surface area contributed by atoms with Crippen molar-refractivity contribution >= 4 is 21.6 Å². The molecule has 164 valence electrons. The molecule has 0 aliphatic carbocycles. The highest BCUT2D eigenvalue weighted by molar-refractivity contribution is 7.92. The van der Waals surface area contributed by atoms with Crippen LogP contribution in [0.1, 0.15) is 37.0 Å². The number of ether oxygens (including phenoxy) is 1. The lowest BCUT2D eigenvalue weighted by atomic mass is 10.1. The minimum absolute atomic E-state index is 0.120. The first kappa shape index (κ1) is 23.7. The van der Waals surface area contributed by atoms with Gasteiger partial charge in [0.15, 0.2) is 0 Å². The third kappa shape index (κ3) is 7.71. The number of carbonyl (C=O) groups excluding carboxylic acids is 1. The molecule has 0 fully saturated rings. The number of hydrogen-bond donors (Lipinski definition) is 1. The Morgan fingerprint density at radius 3 is 2.37 bits per heavy atom. The van der Waals surface area contributed by atoms with E-state index in [0.29, 0.717) is 12.2 Å². The lowest BCUT2D eigenvalue weighted by Crippen LogP contribution is -2.40. The Hall–Kier alpha value is -2.54. The van der Waals surface area contributed by atoms with E-state index in [1.54, 1.807) is 12.1 Å². The predicted octanol–water partition coefficient (Wildman–Crippen LogP) is 3.61. The van der Waals surface area contributed by atoms with Crippen molar-refractivity contribution in [3.63, 3.8) is 0 Å². The van der Waals surface area contributed by atoms with E-state index in [1.165, 1.54) is 0 Å². The second-order valence-electron chi connectivity index (χ2n) is 7.88. The van der Waals surface area contributed by atoms with Crippen LogP contribution in [0.2, 0.25) is 0 Å². The average Bonchev–Trinajstić information content (AvgIpc) is 2.61. The number of nitrogens with zero attached hydrogens (tertiary/aromatic N) is 1. The fourth-order valence-electron chi connectivity index (χ4n) is 3.25. The lowest BCUT2D eigenvalue weighted by Gasteiger charge is -2.22. The van der Waals surface area contributed by atoms with Crippen molar-refractivity contribution in [2.75, 3.05) is 23.7 Å². The van der Waals surface area contributed by atoms with E-state index in [-0.39, 0.29) is 18.6 Å². The SMILES string of the molecule is Cc1cc(C)cc(N(CC(=O)NCCCc2cccc(OC(C)C)c2)S(C)(=O)=O)c1. The van der Waals surface area contributed by atoms with Gasteiger partial charge >= 0.3 is 0 Å². The van der Waals surface area contributed by atoms with Gasteiger partial charge in [0.25, 0.3) is 0 Å². The molecule has 2 aromatic rings. The Balaban J connectivity index is 1.91. The van der Waals surface area contributed by atoms with Gasteiger partial charge in [-0.1, -0.05) is 18.2 Å². The predicted molar refractivity (Wildman–Crippen MR) is 122 cm³/mol.